The maximum Gasteiger partial charge on any atom is 0.416 e. The molecule has 2 aromatic rings. The lowest BCUT2D eigenvalue weighted by atomic mass is 10.2. The van der Waals surface area contributed by atoms with E-state index in [1.165, 1.54) is 18.2 Å². The Kier molecular flexibility index (Phi) is 3.93. The van der Waals surface area contributed by atoms with Crippen LogP contribution in [-0.4, -0.2) is 4.92 Å². The van der Waals surface area contributed by atoms with Crippen molar-refractivity contribution in [2.75, 3.05) is 5.32 Å². The second-order valence-corrected chi connectivity index (χ2v) is 4.87. The van der Waals surface area contributed by atoms with E-state index in [2.05, 4.69) is 5.32 Å². The van der Waals surface area contributed by atoms with E-state index in [1.807, 2.05) is 0 Å². The average molecular weight is 302 g/mol. The molecule has 1 heterocycles. The number of halogens is 3. The maximum absolute atomic E-state index is 12.4. The van der Waals surface area contributed by atoms with Gasteiger partial charge in [-0.2, -0.15) is 13.2 Å². The summed E-state index contributed by atoms with van der Waals surface area (Å²) in [7, 11) is 0. The van der Waals surface area contributed by atoms with Gasteiger partial charge in [0, 0.05) is 23.7 Å². The van der Waals surface area contributed by atoms with Gasteiger partial charge < -0.3 is 5.32 Å². The monoisotopic (exact) mass is 302 g/mol. The van der Waals surface area contributed by atoms with Crippen molar-refractivity contribution in [2.45, 2.75) is 12.7 Å². The molecule has 1 N–H and O–H groups in total. The van der Waals surface area contributed by atoms with Crippen LogP contribution < -0.4 is 5.32 Å². The summed E-state index contributed by atoms with van der Waals surface area (Å²) in [5.41, 5.74) is 0.516. The second-order valence-electron chi connectivity index (χ2n) is 3.98. The highest BCUT2D eigenvalue weighted by Gasteiger charge is 2.29. The van der Waals surface area contributed by atoms with E-state index in [1.54, 1.807) is 5.38 Å². The van der Waals surface area contributed by atoms with Crippen LogP contribution in [0.3, 0.4) is 0 Å². The Balaban J connectivity index is 1.98. The number of anilines is 1. The van der Waals surface area contributed by atoms with Gasteiger partial charge in [-0.25, -0.2) is 0 Å². The number of thiophene rings is 1. The first-order valence-electron chi connectivity index (χ1n) is 5.49. The summed E-state index contributed by atoms with van der Waals surface area (Å²) >= 11 is 1.01. The first kappa shape index (κ1) is 14.3. The molecule has 1 aromatic heterocycles. The minimum atomic E-state index is -4.35. The Bertz CT molecular complexity index is 608. The summed E-state index contributed by atoms with van der Waals surface area (Å²) in [5, 5.41) is 15.1. The molecule has 0 saturated carbocycles. The van der Waals surface area contributed by atoms with Gasteiger partial charge >= 0.3 is 11.2 Å². The molecule has 8 heteroatoms. The van der Waals surface area contributed by atoms with Crippen LogP contribution in [0.25, 0.3) is 0 Å². The maximum atomic E-state index is 12.4. The number of alkyl halides is 3. The Labute approximate surface area is 116 Å². The lowest BCUT2D eigenvalue weighted by Crippen LogP contribution is -2.05. The molecule has 20 heavy (non-hydrogen) atoms. The molecule has 0 saturated heterocycles. The number of hydrogen-bond acceptors (Lipinski definition) is 4. The zero-order valence-electron chi connectivity index (χ0n) is 9.98. The van der Waals surface area contributed by atoms with Crippen LogP contribution in [0.2, 0.25) is 0 Å². The molecule has 0 amide bonds. The molecule has 2 rings (SSSR count). The molecular weight excluding hydrogens is 293 g/mol. The van der Waals surface area contributed by atoms with Gasteiger partial charge in [0.25, 0.3) is 0 Å². The summed E-state index contributed by atoms with van der Waals surface area (Å²) in [5.74, 6) is 0. The van der Waals surface area contributed by atoms with Crippen molar-refractivity contribution in [2.24, 2.45) is 0 Å². The topological polar surface area (TPSA) is 55.2 Å². The molecule has 0 aliphatic rings. The highest BCUT2D eigenvalue weighted by Crippen LogP contribution is 2.30. The molecule has 0 aliphatic heterocycles. The predicted octanol–water partition coefficient (Wildman–Crippen LogP) is 4.29. The highest BCUT2D eigenvalue weighted by atomic mass is 32.1. The third-order valence-corrected chi connectivity index (χ3v) is 3.46. The summed E-state index contributed by atoms with van der Waals surface area (Å²) in [6, 6.07) is 6.05. The molecule has 4 nitrogen and oxygen atoms in total. The van der Waals surface area contributed by atoms with Gasteiger partial charge in [0.05, 0.1) is 10.5 Å². The molecule has 0 atom stereocenters. The van der Waals surface area contributed by atoms with Crippen LogP contribution in [0.15, 0.2) is 35.7 Å². The van der Waals surface area contributed by atoms with Crippen LogP contribution in [0.4, 0.5) is 23.9 Å². The largest absolute Gasteiger partial charge is 0.416 e. The fourth-order valence-electron chi connectivity index (χ4n) is 1.53. The third kappa shape index (κ3) is 3.47. The van der Waals surface area contributed by atoms with Crippen LogP contribution in [0.5, 0.6) is 0 Å². The van der Waals surface area contributed by atoms with E-state index < -0.39 is 16.7 Å². The van der Waals surface area contributed by atoms with E-state index in [9.17, 15) is 23.3 Å². The van der Waals surface area contributed by atoms with Crippen LogP contribution >= 0.6 is 11.3 Å². The summed E-state index contributed by atoms with van der Waals surface area (Å²) in [4.78, 5) is 10.0. The number of nitrogens with zero attached hydrogens (tertiary/aromatic N) is 1. The fraction of sp³-hybridized carbons (Fsp3) is 0.167. The first-order valence-corrected chi connectivity index (χ1v) is 6.37. The summed E-state index contributed by atoms with van der Waals surface area (Å²) < 4.78 is 37.1. The van der Waals surface area contributed by atoms with Crippen LogP contribution in [0.1, 0.15) is 11.1 Å². The Morgan fingerprint density at radius 3 is 2.40 bits per heavy atom. The van der Waals surface area contributed by atoms with Crippen molar-refractivity contribution < 1.29 is 18.1 Å². The van der Waals surface area contributed by atoms with Crippen molar-refractivity contribution in [3.63, 3.8) is 0 Å². The van der Waals surface area contributed by atoms with Gasteiger partial charge in [0.15, 0.2) is 0 Å². The second kappa shape index (κ2) is 5.49. The van der Waals surface area contributed by atoms with Crippen molar-refractivity contribution in [3.8, 4) is 0 Å². The number of benzene rings is 1. The van der Waals surface area contributed by atoms with Gasteiger partial charge in [0.1, 0.15) is 0 Å². The molecule has 0 fully saturated rings. The number of nitro groups is 1. The summed E-state index contributed by atoms with van der Waals surface area (Å²) in [6.07, 6.45) is -4.35. The SMILES string of the molecule is O=[N+]([O-])c1cc(CNc2ccc(C(F)(F)F)cc2)cs1. The fourth-order valence-corrected chi connectivity index (χ4v) is 2.26. The van der Waals surface area contributed by atoms with E-state index >= 15 is 0 Å². The zero-order chi connectivity index (χ0) is 14.8. The van der Waals surface area contributed by atoms with E-state index in [-0.39, 0.29) is 5.00 Å². The predicted molar refractivity (Wildman–Crippen MR) is 69.7 cm³/mol. The van der Waals surface area contributed by atoms with Gasteiger partial charge in [-0.05, 0) is 29.8 Å². The molecule has 0 aliphatic carbocycles. The molecule has 0 bridgehead atoms. The van der Waals surface area contributed by atoms with Crippen molar-refractivity contribution in [1.29, 1.82) is 0 Å². The van der Waals surface area contributed by atoms with E-state index in [4.69, 9.17) is 0 Å². The van der Waals surface area contributed by atoms with Crippen molar-refractivity contribution in [3.05, 3.63) is 57.0 Å². The van der Waals surface area contributed by atoms with Gasteiger partial charge in [-0.15, -0.1) is 0 Å². The molecule has 1 aromatic carbocycles. The summed E-state index contributed by atoms with van der Waals surface area (Å²) in [6.45, 7) is 0.315. The Morgan fingerprint density at radius 1 is 1.25 bits per heavy atom. The number of nitrogens with one attached hydrogen (secondary N) is 1. The molecule has 0 radical (unpaired) electrons. The van der Waals surface area contributed by atoms with E-state index in [0.29, 0.717) is 17.8 Å². The molecular formula is C12H9F3N2O2S. The minimum Gasteiger partial charge on any atom is -0.381 e. The zero-order valence-corrected chi connectivity index (χ0v) is 10.8. The molecule has 0 spiro atoms. The third-order valence-electron chi connectivity index (χ3n) is 2.53. The standard InChI is InChI=1S/C12H9F3N2O2S/c13-12(14,15)9-1-3-10(4-2-9)16-6-8-5-11(17(18)19)20-7-8/h1-5,7,16H,6H2. The number of rotatable bonds is 4. The van der Waals surface area contributed by atoms with Crippen molar-refractivity contribution >= 4 is 22.0 Å². The van der Waals surface area contributed by atoms with Crippen LogP contribution in [0, 0.1) is 10.1 Å². The molecule has 0 unspecified atom stereocenters. The molecule has 106 valence electrons. The van der Waals surface area contributed by atoms with E-state index in [0.717, 1.165) is 23.5 Å². The minimum absolute atomic E-state index is 0.0363. The lowest BCUT2D eigenvalue weighted by Gasteiger charge is -2.08. The van der Waals surface area contributed by atoms with Gasteiger partial charge in [0.2, 0.25) is 0 Å². The quantitative estimate of drug-likeness (QED) is 0.677. The normalized spacial score (nSPS) is 11.3. The van der Waals surface area contributed by atoms with Gasteiger partial charge in [-0.1, -0.05) is 11.3 Å². The lowest BCUT2D eigenvalue weighted by molar-refractivity contribution is -0.380. The van der Waals surface area contributed by atoms with Crippen LogP contribution in [-0.2, 0) is 12.7 Å². The smallest absolute Gasteiger partial charge is 0.381 e. The Hall–Kier alpha value is -2.09. The first-order chi connectivity index (χ1) is 9.36. The van der Waals surface area contributed by atoms with Crippen molar-refractivity contribution in [1.82, 2.24) is 0 Å². The number of hydrogen-bond donors (Lipinski definition) is 1. The average Bonchev–Trinajstić information content (AvgIpc) is 2.85. The van der Waals surface area contributed by atoms with Gasteiger partial charge in [-0.3, -0.25) is 10.1 Å². The highest BCUT2D eigenvalue weighted by molar-refractivity contribution is 7.13. The Morgan fingerprint density at radius 2 is 1.90 bits per heavy atom.